The Morgan fingerprint density at radius 1 is 0.875 bits per heavy atom. The van der Waals surface area contributed by atoms with E-state index in [0.717, 1.165) is 42.8 Å². The summed E-state index contributed by atoms with van der Waals surface area (Å²) in [5.41, 5.74) is 2.31. The molecule has 0 unspecified atom stereocenters. The number of para-hydroxylation sites is 1. The summed E-state index contributed by atoms with van der Waals surface area (Å²) in [6.45, 7) is 5.37. The van der Waals surface area contributed by atoms with Crippen molar-refractivity contribution in [2.75, 3.05) is 26.2 Å². The SMILES string of the molecule is O=[N+]([O-])c1ccccc1CN1CCN(Cc2ccccc2Br)CC1. The van der Waals surface area contributed by atoms with Crippen LogP contribution in [-0.2, 0) is 13.1 Å². The molecule has 3 rings (SSSR count). The first-order chi connectivity index (χ1) is 11.6. The van der Waals surface area contributed by atoms with E-state index in [1.165, 1.54) is 5.56 Å². The van der Waals surface area contributed by atoms with E-state index in [1.807, 2.05) is 18.2 Å². The van der Waals surface area contributed by atoms with Gasteiger partial charge in [-0.25, -0.2) is 0 Å². The van der Waals surface area contributed by atoms with Gasteiger partial charge in [-0.15, -0.1) is 0 Å². The highest BCUT2D eigenvalue weighted by Crippen LogP contribution is 2.21. The predicted molar refractivity (Wildman–Crippen MR) is 97.8 cm³/mol. The number of nitro groups is 1. The molecule has 1 fully saturated rings. The lowest BCUT2D eigenvalue weighted by atomic mass is 10.1. The molecule has 0 radical (unpaired) electrons. The summed E-state index contributed by atoms with van der Waals surface area (Å²) < 4.78 is 1.15. The smallest absolute Gasteiger partial charge is 0.273 e. The Hall–Kier alpha value is -1.76. The topological polar surface area (TPSA) is 49.6 Å². The van der Waals surface area contributed by atoms with Crippen LogP contribution in [0.5, 0.6) is 0 Å². The first-order valence-corrected chi connectivity index (χ1v) is 8.83. The van der Waals surface area contributed by atoms with E-state index >= 15 is 0 Å². The zero-order valence-corrected chi connectivity index (χ0v) is 15.0. The molecule has 1 aliphatic rings. The van der Waals surface area contributed by atoms with Gasteiger partial charge in [0.25, 0.3) is 5.69 Å². The van der Waals surface area contributed by atoms with Crippen molar-refractivity contribution in [3.05, 3.63) is 74.2 Å². The maximum absolute atomic E-state index is 11.1. The quantitative estimate of drug-likeness (QED) is 0.578. The molecule has 0 amide bonds. The van der Waals surface area contributed by atoms with Crippen molar-refractivity contribution >= 4 is 21.6 Å². The van der Waals surface area contributed by atoms with E-state index in [9.17, 15) is 10.1 Å². The normalized spacial score (nSPS) is 16.2. The van der Waals surface area contributed by atoms with Crippen LogP contribution in [-0.4, -0.2) is 40.9 Å². The third-order valence-electron chi connectivity index (χ3n) is 4.40. The molecule has 24 heavy (non-hydrogen) atoms. The molecule has 6 heteroatoms. The van der Waals surface area contributed by atoms with Crippen LogP contribution in [0.15, 0.2) is 53.0 Å². The number of hydrogen-bond acceptors (Lipinski definition) is 4. The van der Waals surface area contributed by atoms with Gasteiger partial charge < -0.3 is 0 Å². The van der Waals surface area contributed by atoms with Crippen LogP contribution in [0.3, 0.4) is 0 Å². The van der Waals surface area contributed by atoms with E-state index in [0.29, 0.717) is 6.54 Å². The van der Waals surface area contributed by atoms with E-state index in [1.54, 1.807) is 12.1 Å². The van der Waals surface area contributed by atoms with E-state index < -0.39 is 0 Å². The molecule has 1 heterocycles. The zero-order chi connectivity index (χ0) is 16.9. The van der Waals surface area contributed by atoms with Crippen molar-refractivity contribution in [1.29, 1.82) is 0 Å². The lowest BCUT2D eigenvalue weighted by Gasteiger charge is -2.34. The van der Waals surface area contributed by atoms with Gasteiger partial charge in [-0.1, -0.05) is 52.3 Å². The highest BCUT2D eigenvalue weighted by molar-refractivity contribution is 9.10. The Balaban J connectivity index is 1.56. The minimum Gasteiger partial charge on any atom is -0.297 e. The molecule has 0 spiro atoms. The summed E-state index contributed by atoms with van der Waals surface area (Å²) in [7, 11) is 0. The number of hydrogen-bond donors (Lipinski definition) is 0. The summed E-state index contributed by atoms with van der Waals surface area (Å²) in [4.78, 5) is 15.5. The number of piperazine rings is 1. The average Bonchev–Trinajstić information content (AvgIpc) is 2.59. The van der Waals surface area contributed by atoms with E-state index in [4.69, 9.17) is 0 Å². The molecular weight excluding hydrogens is 370 g/mol. The maximum Gasteiger partial charge on any atom is 0.273 e. The molecule has 1 aliphatic heterocycles. The fraction of sp³-hybridized carbons (Fsp3) is 0.333. The fourth-order valence-corrected chi connectivity index (χ4v) is 3.45. The summed E-state index contributed by atoms with van der Waals surface area (Å²) in [5.74, 6) is 0. The van der Waals surface area contributed by atoms with Crippen molar-refractivity contribution in [3.8, 4) is 0 Å². The first kappa shape index (κ1) is 17.1. The van der Waals surface area contributed by atoms with Crippen LogP contribution < -0.4 is 0 Å². The third-order valence-corrected chi connectivity index (χ3v) is 5.17. The minimum absolute atomic E-state index is 0.216. The van der Waals surface area contributed by atoms with Gasteiger partial charge in [-0.05, 0) is 11.6 Å². The Kier molecular flexibility index (Phi) is 5.60. The molecule has 2 aromatic carbocycles. The lowest BCUT2D eigenvalue weighted by molar-refractivity contribution is -0.385. The molecule has 0 aliphatic carbocycles. The fourth-order valence-electron chi connectivity index (χ4n) is 3.04. The summed E-state index contributed by atoms with van der Waals surface area (Å²) in [6, 6.07) is 15.3. The minimum atomic E-state index is -0.293. The summed E-state index contributed by atoms with van der Waals surface area (Å²) >= 11 is 3.60. The molecule has 0 N–H and O–H groups in total. The van der Waals surface area contributed by atoms with E-state index in [2.05, 4.69) is 43.9 Å². The highest BCUT2D eigenvalue weighted by atomic mass is 79.9. The molecule has 0 atom stereocenters. The van der Waals surface area contributed by atoms with Gasteiger partial charge in [0.1, 0.15) is 0 Å². The largest absolute Gasteiger partial charge is 0.297 e. The van der Waals surface area contributed by atoms with Gasteiger partial charge in [-0.2, -0.15) is 0 Å². The Bertz CT molecular complexity index is 715. The standard InChI is InChI=1S/C18H20BrN3O2/c19-17-7-3-1-5-15(17)13-20-9-11-21(12-10-20)14-16-6-2-4-8-18(16)22(23)24/h1-8H,9-14H2. The average molecular weight is 390 g/mol. The first-order valence-electron chi connectivity index (χ1n) is 8.04. The van der Waals surface area contributed by atoms with Gasteiger partial charge in [0.15, 0.2) is 0 Å². The number of benzene rings is 2. The molecule has 0 saturated carbocycles. The summed E-state index contributed by atoms with van der Waals surface area (Å²) in [5, 5.41) is 11.1. The zero-order valence-electron chi connectivity index (χ0n) is 13.4. The second-order valence-electron chi connectivity index (χ2n) is 6.03. The number of nitro benzene ring substituents is 1. The van der Waals surface area contributed by atoms with Crippen LogP contribution in [0, 0.1) is 10.1 Å². The molecule has 1 saturated heterocycles. The number of halogens is 1. The third kappa shape index (κ3) is 4.20. The van der Waals surface area contributed by atoms with E-state index in [-0.39, 0.29) is 10.6 Å². The van der Waals surface area contributed by atoms with Crippen molar-refractivity contribution in [2.24, 2.45) is 0 Å². The highest BCUT2D eigenvalue weighted by Gasteiger charge is 2.20. The predicted octanol–water partition coefficient (Wildman–Crippen LogP) is 3.68. The Morgan fingerprint density at radius 3 is 1.96 bits per heavy atom. The monoisotopic (exact) mass is 389 g/mol. The van der Waals surface area contributed by atoms with Crippen LogP contribution in [0.4, 0.5) is 5.69 Å². The lowest BCUT2D eigenvalue weighted by Crippen LogP contribution is -2.45. The molecule has 5 nitrogen and oxygen atoms in total. The van der Waals surface area contributed by atoms with Gasteiger partial charge >= 0.3 is 0 Å². The Morgan fingerprint density at radius 2 is 1.38 bits per heavy atom. The molecule has 2 aromatic rings. The van der Waals surface area contributed by atoms with Crippen molar-refractivity contribution in [2.45, 2.75) is 13.1 Å². The summed E-state index contributed by atoms with van der Waals surface area (Å²) in [6.07, 6.45) is 0. The Labute approximate surface area is 150 Å². The van der Waals surface area contributed by atoms with Crippen molar-refractivity contribution in [1.82, 2.24) is 9.80 Å². The van der Waals surface area contributed by atoms with Gasteiger partial charge in [-0.3, -0.25) is 19.9 Å². The van der Waals surface area contributed by atoms with Gasteiger partial charge in [0.2, 0.25) is 0 Å². The van der Waals surface area contributed by atoms with Gasteiger partial charge in [0, 0.05) is 55.4 Å². The van der Waals surface area contributed by atoms with Crippen molar-refractivity contribution in [3.63, 3.8) is 0 Å². The van der Waals surface area contributed by atoms with Crippen LogP contribution >= 0.6 is 15.9 Å². The van der Waals surface area contributed by atoms with Crippen molar-refractivity contribution < 1.29 is 4.92 Å². The number of rotatable bonds is 5. The molecule has 0 aromatic heterocycles. The second kappa shape index (κ2) is 7.88. The molecular formula is C18H20BrN3O2. The number of nitrogens with zero attached hydrogens (tertiary/aromatic N) is 3. The van der Waals surface area contributed by atoms with Crippen LogP contribution in [0.25, 0.3) is 0 Å². The van der Waals surface area contributed by atoms with Crippen LogP contribution in [0.1, 0.15) is 11.1 Å². The van der Waals surface area contributed by atoms with Gasteiger partial charge in [0.05, 0.1) is 4.92 Å². The van der Waals surface area contributed by atoms with Crippen LogP contribution in [0.2, 0.25) is 0 Å². The molecule has 0 bridgehead atoms. The maximum atomic E-state index is 11.1. The molecule has 126 valence electrons. The second-order valence-corrected chi connectivity index (χ2v) is 6.88.